The van der Waals surface area contributed by atoms with Crippen LogP contribution in [0.1, 0.15) is 16.1 Å². The number of carbonyl (C=O) groups excluding carboxylic acids is 1. The van der Waals surface area contributed by atoms with E-state index in [0.717, 1.165) is 0 Å². The van der Waals surface area contributed by atoms with Crippen LogP contribution >= 0.6 is 0 Å². The van der Waals surface area contributed by atoms with E-state index in [4.69, 9.17) is 5.73 Å². The number of benzene rings is 1. The Balaban J connectivity index is 2.16. The number of pyridine rings is 1. The number of hydrogen-bond donors (Lipinski definition) is 1. The number of hydrogen-bond acceptors (Lipinski definition) is 4. The van der Waals surface area contributed by atoms with E-state index in [0.29, 0.717) is 16.2 Å². The average molecular weight is 270 g/mol. The van der Waals surface area contributed by atoms with Crippen molar-refractivity contribution in [3.8, 4) is 0 Å². The van der Waals surface area contributed by atoms with Crippen LogP contribution in [0.5, 0.6) is 0 Å². The fourth-order valence-corrected chi connectivity index (χ4v) is 3.36. The lowest BCUT2D eigenvalue weighted by molar-refractivity contribution is 0.104. The molecule has 94 valence electrons. The second-order valence-electron chi connectivity index (χ2n) is 4.05. The van der Waals surface area contributed by atoms with Gasteiger partial charge in [0.25, 0.3) is 0 Å². The fourth-order valence-electron chi connectivity index (χ4n) is 1.99. The summed E-state index contributed by atoms with van der Waals surface area (Å²) in [5.41, 5.74) is 7.06. The van der Waals surface area contributed by atoms with E-state index in [1.807, 2.05) is 0 Å². The summed E-state index contributed by atoms with van der Waals surface area (Å²) in [6, 6.07) is 12.1. The van der Waals surface area contributed by atoms with Gasteiger partial charge in [0.05, 0.1) is 11.3 Å². The van der Waals surface area contributed by atoms with Crippen molar-refractivity contribution in [2.45, 2.75) is 4.90 Å². The third-order valence-corrected chi connectivity index (χ3v) is 4.44. The first kappa shape index (κ1) is 12.0. The summed E-state index contributed by atoms with van der Waals surface area (Å²) in [7, 11) is 0. The maximum absolute atomic E-state index is 12.3. The van der Waals surface area contributed by atoms with E-state index in [2.05, 4.69) is 4.98 Å². The van der Waals surface area contributed by atoms with Gasteiger partial charge in [-0.15, -0.1) is 0 Å². The molecule has 1 aromatic heterocycles. The third-order valence-electron chi connectivity index (χ3n) is 2.91. The molecule has 0 amide bonds. The summed E-state index contributed by atoms with van der Waals surface area (Å²) >= 11 is -1.53. The quantitative estimate of drug-likeness (QED) is 0.632. The number of nitrogens with zero attached hydrogens (tertiary/aromatic N) is 1. The molecule has 0 saturated heterocycles. The topological polar surface area (TPSA) is 79.0 Å². The zero-order valence-corrected chi connectivity index (χ0v) is 10.7. The molecule has 0 fully saturated rings. The Labute approximate surface area is 113 Å². The van der Waals surface area contributed by atoms with Gasteiger partial charge in [-0.3, -0.25) is 9.78 Å². The summed E-state index contributed by atoms with van der Waals surface area (Å²) in [4.78, 5) is 17.0. The Morgan fingerprint density at radius 1 is 1.16 bits per heavy atom. The average Bonchev–Trinajstić information content (AvgIpc) is 2.72. The van der Waals surface area contributed by atoms with Gasteiger partial charge in [0, 0.05) is 17.4 Å². The van der Waals surface area contributed by atoms with Gasteiger partial charge in [0.2, 0.25) is 10.7 Å². The molecule has 1 unspecified atom stereocenters. The van der Waals surface area contributed by atoms with E-state index < -0.39 is 11.2 Å². The number of rotatable bonds is 1. The van der Waals surface area contributed by atoms with Gasteiger partial charge < -0.3 is 10.3 Å². The molecule has 0 aliphatic carbocycles. The van der Waals surface area contributed by atoms with Gasteiger partial charge in [-0.1, -0.05) is 18.2 Å². The first-order valence-electron chi connectivity index (χ1n) is 5.67. The van der Waals surface area contributed by atoms with Crippen molar-refractivity contribution in [1.29, 1.82) is 0 Å². The predicted molar refractivity (Wildman–Crippen MR) is 72.5 cm³/mol. The van der Waals surface area contributed by atoms with Gasteiger partial charge in [-0.2, -0.15) is 0 Å². The highest BCUT2D eigenvalue weighted by Gasteiger charge is 2.41. The monoisotopic (exact) mass is 270 g/mol. The van der Waals surface area contributed by atoms with Crippen molar-refractivity contribution in [3.63, 3.8) is 0 Å². The zero-order valence-electron chi connectivity index (χ0n) is 9.87. The summed E-state index contributed by atoms with van der Waals surface area (Å²) in [6.07, 6.45) is 1.58. The van der Waals surface area contributed by atoms with Crippen molar-refractivity contribution < 1.29 is 9.35 Å². The highest BCUT2D eigenvalue weighted by Crippen LogP contribution is 2.36. The van der Waals surface area contributed by atoms with Gasteiger partial charge in [-0.25, -0.2) is 0 Å². The highest BCUT2D eigenvalue weighted by molar-refractivity contribution is 7.97. The molecule has 2 N–H and O–H groups in total. The van der Waals surface area contributed by atoms with Crippen LogP contribution in [0.25, 0.3) is 5.70 Å². The first-order valence-corrected chi connectivity index (χ1v) is 6.82. The Kier molecular flexibility index (Phi) is 2.85. The van der Waals surface area contributed by atoms with Crippen LogP contribution < -0.4 is 5.73 Å². The number of carbonyl (C=O) groups is 1. The molecule has 0 bridgehead atoms. The number of nitrogens with two attached hydrogens (primary N) is 1. The molecular weight excluding hydrogens is 260 g/mol. The lowest BCUT2D eigenvalue weighted by atomic mass is 10.1. The smallest absolute Gasteiger partial charge is 0.248 e. The summed E-state index contributed by atoms with van der Waals surface area (Å²) in [5.74, 6) is -0.280. The molecule has 19 heavy (non-hydrogen) atoms. The molecule has 0 radical (unpaired) electrons. The Morgan fingerprint density at radius 3 is 2.58 bits per heavy atom. The largest absolute Gasteiger partial charge is 0.606 e. The third kappa shape index (κ3) is 1.83. The molecule has 1 aromatic carbocycles. The SMILES string of the molecule is N/C(=C1\C(=O)c2ccccc2[S+]1[O-])c1ccccn1. The highest BCUT2D eigenvalue weighted by atomic mass is 32.2. The lowest BCUT2D eigenvalue weighted by Gasteiger charge is -2.06. The Morgan fingerprint density at radius 2 is 1.89 bits per heavy atom. The molecule has 2 aromatic rings. The first-order chi connectivity index (χ1) is 9.20. The van der Waals surface area contributed by atoms with Gasteiger partial charge in [0.1, 0.15) is 5.70 Å². The molecule has 1 atom stereocenters. The van der Waals surface area contributed by atoms with Crippen LogP contribution in [-0.4, -0.2) is 15.3 Å². The molecular formula is C14H10N2O2S. The van der Waals surface area contributed by atoms with E-state index in [9.17, 15) is 9.35 Å². The lowest BCUT2D eigenvalue weighted by Crippen LogP contribution is -2.12. The maximum atomic E-state index is 12.3. The van der Waals surface area contributed by atoms with Gasteiger partial charge >= 0.3 is 0 Å². The van der Waals surface area contributed by atoms with Crippen LogP contribution in [0, 0.1) is 0 Å². The molecule has 2 heterocycles. The van der Waals surface area contributed by atoms with Gasteiger partial charge in [-0.05, 0) is 24.3 Å². The van der Waals surface area contributed by atoms with Crippen molar-refractivity contribution in [2.24, 2.45) is 5.73 Å². The summed E-state index contributed by atoms with van der Waals surface area (Å²) in [6.45, 7) is 0. The van der Waals surface area contributed by atoms with Crippen LogP contribution in [0.15, 0.2) is 58.5 Å². The van der Waals surface area contributed by atoms with E-state index in [1.54, 1.807) is 48.7 Å². The fraction of sp³-hybridized carbons (Fsp3) is 0. The number of Topliss-reactive ketones (excluding diaryl/α,β-unsaturated/α-hetero) is 1. The molecule has 1 aliphatic rings. The molecule has 4 nitrogen and oxygen atoms in total. The minimum Gasteiger partial charge on any atom is -0.606 e. The second kappa shape index (κ2) is 4.53. The number of ketones is 1. The zero-order chi connectivity index (χ0) is 13.4. The number of allylic oxidation sites excluding steroid dienone is 1. The Hall–Kier alpha value is -2.11. The standard InChI is InChI=1S/C14H10N2O2S/c15-12(10-6-3-4-8-16-10)14-13(17)9-5-1-2-7-11(9)19(14)18/h1-8H,15H2/b14-12+. The molecule has 0 saturated carbocycles. The summed E-state index contributed by atoms with van der Waals surface area (Å²) < 4.78 is 12.3. The van der Waals surface area contributed by atoms with Gasteiger partial charge in [0.15, 0.2) is 4.90 Å². The van der Waals surface area contributed by atoms with Crippen molar-refractivity contribution >= 4 is 22.7 Å². The van der Waals surface area contributed by atoms with E-state index >= 15 is 0 Å². The van der Waals surface area contributed by atoms with Crippen LogP contribution in [-0.2, 0) is 11.2 Å². The van der Waals surface area contributed by atoms with Crippen LogP contribution in [0.4, 0.5) is 0 Å². The van der Waals surface area contributed by atoms with Crippen molar-refractivity contribution in [3.05, 3.63) is 64.8 Å². The number of aromatic nitrogens is 1. The Bertz CT molecular complexity index is 683. The minimum atomic E-state index is -1.53. The normalized spacial score (nSPS) is 20.3. The second-order valence-corrected chi connectivity index (χ2v) is 5.44. The number of fused-ring (bicyclic) bond motifs is 1. The van der Waals surface area contributed by atoms with Crippen molar-refractivity contribution in [1.82, 2.24) is 4.98 Å². The maximum Gasteiger partial charge on any atom is 0.248 e. The molecule has 3 rings (SSSR count). The molecule has 1 aliphatic heterocycles. The summed E-state index contributed by atoms with van der Waals surface area (Å²) in [5, 5.41) is 0. The predicted octanol–water partition coefficient (Wildman–Crippen LogP) is 1.71. The molecule has 5 heteroatoms. The van der Waals surface area contributed by atoms with E-state index in [1.165, 1.54) is 0 Å². The molecule has 0 spiro atoms. The van der Waals surface area contributed by atoms with Crippen molar-refractivity contribution in [2.75, 3.05) is 0 Å². The minimum absolute atomic E-state index is 0.125. The van der Waals surface area contributed by atoms with E-state index in [-0.39, 0.29) is 16.4 Å². The van der Waals surface area contributed by atoms with Crippen LogP contribution in [0.2, 0.25) is 0 Å². The van der Waals surface area contributed by atoms with Crippen LogP contribution in [0.3, 0.4) is 0 Å².